The van der Waals surface area contributed by atoms with Crippen LogP contribution in [-0.4, -0.2) is 30.8 Å². The normalized spacial score (nSPS) is 10.1. The van der Waals surface area contributed by atoms with Crippen LogP contribution in [0.4, 0.5) is 11.6 Å². The highest BCUT2D eigenvalue weighted by Gasteiger charge is 2.10. The zero-order valence-corrected chi connectivity index (χ0v) is 17.8. The molecule has 0 spiro atoms. The molecule has 0 aliphatic rings. The molecule has 4 aromatic heterocycles. The predicted octanol–water partition coefficient (Wildman–Crippen LogP) is 4.33. The van der Waals surface area contributed by atoms with Gasteiger partial charge in [-0.3, -0.25) is 4.79 Å². The van der Waals surface area contributed by atoms with Gasteiger partial charge in [0.2, 0.25) is 0 Å². The van der Waals surface area contributed by atoms with Crippen LogP contribution in [0.3, 0.4) is 0 Å². The molecule has 0 aromatic carbocycles. The number of rotatable bonds is 6. The third-order valence-corrected chi connectivity index (χ3v) is 4.89. The lowest BCUT2D eigenvalue weighted by Gasteiger charge is -2.06. The molecule has 0 fully saturated rings. The summed E-state index contributed by atoms with van der Waals surface area (Å²) in [5.41, 5.74) is 2.35. The Labute approximate surface area is 178 Å². The minimum absolute atomic E-state index is 0.218. The summed E-state index contributed by atoms with van der Waals surface area (Å²) in [6, 6.07) is 9.65. The first kappa shape index (κ1) is 21.1. The van der Waals surface area contributed by atoms with Crippen molar-refractivity contribution in [3.05, 3.63) is 71.5 Å². The molecule has 0 unspecified atom stereocenters. The number of anilines is 2. The summed E-state index contributed by atoms with van der Waals surface area (Å²) in [6.45, 7) is 6.36. The van der Waals surface area contributed by atoms with E-state index in [9.17, 15) is 4.79 Å². The molecule has 0 aliphatic heterocycles. The van der Waals surface area contributed by atoms with Crippen LogP contribution >= 0.6 is 11.3 Å². The van der Waals surface area contributed by atoms with Crippen LogP contribution in [0.5, 0.6) is 0 Å². The Kier molecular flexibility index (Phi) is 7.23. The zero-order chi connectivity index (χ0) is 21.3. The fourth-order valence-corrected chi connectivity index (χ4v) is 3.35. The van der Waals surface area contributed by atoms with E-state index in [-0.39, 0.29) is 5.91 Å². The Morgan fingerprint density at radius 2 is 2.00 bits per heavy atom. The van der Waals surface area contributed by atoms with Crippen LogP contribution in [0, 0.1) is 6.92 Å². The molecular weight excluding hydrogens is 398 g/mol. The Balaban J connectivity index is 0.00000124. The van der Waals surface area contributed by atoms with Gasteiger partial charge in [-0.05, 0) is 36.8 Å². The van der Waals surface area contributed by atoms with Gasteiger partial charge in [0, 0.05) is 12.4 Å². The number of aromatic nitrogens is 5. The van der Waals surface area contributed by atoms with E-state index in [2.05, 4.69) is 35.6 Å². The van der Waals surface area contributed by atoms with Gasteiger partial charge in [-0.1, -0.05) is 19.9 Å². The minimum atomic E-state index is -0.218. The number of hydrogen-bond donors (Lipinski definition) is 3. The van der Waals surface area contributed by atoms with Gasteiger partial charge in [0.05, 0.1) is 29.6 Å². The number of carbonyl (C=O) groups is 1. The highest BCUT2D eigenvalue weighted by molar-refractivity contribution is 7.15. The maximum atomic E-state index is 12.0. The molecule has 0 aliphatic carbocycles. The second kappa shape index (κ2) is 10.3. The summed E-state index contributed by atoms with van der Waals surface area (Å²) in [5, 5.41) is 6.82. The maximum absolute atomic E-state index is 12.0. The van der Waals surface area contributed by atoms with Gasteiger partial charge in [-0.2, -0.15) is 0 Å². The summed E-state index contributed by atoms with van der Waals surface area (Å²) in [4.78, 5) is 32.8. The highest BCUT2D eigenvalue weighted by Crippen LogP contribution is 2.26. The van der Waals surface area contributed by atoms with Gasteiger partial charge < -0.3 is 15.6 Å². The topological polar surface area (TPSA) is 108 Å². The van der Waals surface area contributed by atoms with Crippen molar-refractivity contribution < 1.29 is 4.79 Å². The molecular formula is C21H23N7OS. The number of imidazole rings is 1. The molecule has 4 rings (SSSR count). The minimum Gasteiger partial charge on any atom is -0.344 e. The average molecular weight is 422 g/mol. The van der Waals surface area contributed by atoms with Crippen LogP contribution in [0.2, 0.25) is 0 Å². The first-order chi connectivity index (χ1) is 14.7. The van der Waals surface area contributed by atoms with E-state index in [1.165, 1.54) is 23.9 Å². The third-order valence-electron chi connectivity index (χ3n) is 3.87. The van der Waals surface area contributed by atoms with Crippen molar-refractivity contribution in [1.82, 2.24) is 30.2 Å². The van der Waals surface area contributed by atoms with Crippen LogP contribution in [0.15, 0.2) is 55.2 Å². The van der Waals surface area contributed by atoms with Crippen molar-refractivity contribution in [1.29, 1.82) is 0 Å². The summed E-state index contributed by atoms with van der Waals surface area (Å²) in [7, 11) is 0. The average Bonchev–Trinajstić information content (AvgIpc) is 3.46. The second-order valence-corrected chi connectivity index (χ2v) is 7.13. The number of amides is 1. The van der Waals surface area contributed by atoms with Crippen molar-refractivity contribution in [3.8, 4) is 10.6 Å². The summed E-state index contributed by atoms with van der Waals surface area (Å²) in [5.74, 6) is 1.23. The second-order valence-electron chi connectivity index (χ2n) is 6.02. The first-order valence-corrected chi connectivity index (χ1v) is 10.4. The van der Waals surface area contributed by atoms with Crippen molar-refractivity contribution in [2.45, 2.75) is 27.3 Å². The van der Waals surface area contributed by atoms with Gasteiger partial charge >= 0.3 is 0 Å². The number of pyridine rings is 2. The van der Waals surface area contributed by atoms with Crippen molar-refractivity contribution >= 4 is 28.9 Å². The van der Waals surface area contributed by atoms with E-state index in [1.54, 1.807) is 12.4 Å². The zero-order valence-electron chi connectivity index (χ0n) is 17.0. The Hall–Kier alpha value is -3.59. The fraction of sp³-hybridized carbons (Fsp3) is 0.190. The number of carbonyl (C=O) groups excluding carboxylic acids is 1. The number of H-pyrrole nitrogens is 1. The summed E-state index contributed by atoms with van der Waals surface area (Å²) in [6.07, 6.45) is 6.47. The standard InChI is InChI=1S/C19H17N7OS.C2H6/c1-12-5-6-21-17(7-12)26-16-4-2-3-13(25-16)15-9-22-18(28-15)10-23-19(27)14-8-20-11-24-14;1-2/h2-9,11H,10H2,1H3,(H,20,24)(H,23,27)(H,21,25,26);1-2H3. The molecule has 0 radical (unpaired) electrons. The van der Waals surface area contributed by atoms with E-state index < -0.39 is 0 Å². The number of nitrogens with one attached hydrogen (secondary N) is 3. The fourth-order valence-electron chi connectivity index (χ4n) is 2.52. The first-order valence-electron chi connectivity index (χ1n) is 9.56. The predicted molar refractivity (Wildman–Crippen MR) is 119 cm³/mol. The van der Waals surface area contributed by atoms with Crippen molar-refractivity contribution in [2.75, 3.05) is 5.32 Å². The SMILES string of the molecule is CC.Cc1ccnc(Nc2cccc(-c3cnc(CNC(=O)c4cnc[nH]4)s3)n2)c1. The lowest BCUT2D eigenvalue weighted by atomic mass is 10.3. The molecule has 8 nitrogen and oxygen atoms in total. The van der Waals surface area contributed by atoms with E-state index >= 15 is 0 Å². The maximum Gasteiger partial charge on any atom is 0.269 e. The Morgan fingerprint density at radius 1 is 1.13 bits per heavy atom. The lowest BCUT2D eigenvalue weighted by molar-refractivity contribution is 0.0946. The van der Waals surface area contributed by atoms with E-state index in [0.717, 1.165) is 27.0 Å². The molecule has 4 heterocycles. The molecule has 0 saturated carbocycles. The molecule has 4 aromatic rings. The molecule has 1 amide bonds. The molecule has 0 saturated heterocycles. The largest absolute Gasteiger partial charge is 0.344 e. The number of hydrogen-bond acceptors (Lipinski definition) is 7. The van der Waals surface area contributed by atoms with E-state index in [1.807, 2.05) is 51.1 Å². The summed E-state index contributed by atoms with van der Waals surface area (Å²) >= 11 is 1.49. The van der Waals surface area contributed by atoms with Crippen LogP contribution in [0.25, 0.3) is 10.6 Å². The molecule has 0 bridgehead atoms. The smallest absolute Gasteiger partial charge is 0.269 e. The number of aromatic amines is 1. The van der Waals surface area contributed by atoms with Crippen molar-refractivity contribution in [2.24, 2.45) is 0 Å². The van der Waals surface area contributed by atoms with Gasteiger partial charge in [0.1, 0.15) is 22.3 Å². The van der Waals surface area contributed by atoms with E-state index in [4.69, 9.17) is 0 Å². The quantitative estimate of drug-likeness (QED) is 0.428. The van der Waals surface area contributed by atoms with Gasteiger partial charge in [0.25, 0.3) is 5.91 Å². The monoisotopic (exact) mass is 421 g/mol. The van der Waals surface area contributed by atoms with Crippen LogP contribution in [0.1, 0.15) is 34.9 Å². The van der Waals surface area contributed by atoms with Crippen LogP contribution < -0.4 is 10.6 Å². The number of thiazole rings is 1. The number of aryl methyl sites for hydroxylation is 1. The molecule has 9 heteroatoms. The van der Waals surface area contributed by atoms with Gasteiger partial charge in [0.15, 0.2) is 0 Å². The Bertz CT molecular complexity index is 1090. The van der Waals surface area contributed by atoms with Crippen molar-refractivity contribution in [3.63, 3.8) is 0 Å². The Morgan fingerprint density at radius 3 is 2.77 bits per heavy atom. The lowest BCUT2D eigenvalue weighted by Crippen LogP contribution is -2.22. The van der Waals surface area contributed by atoms with Crippen LogP contribution in [-0.2, 0) is 6.54 Å². The highest BCUT2D eigenvalue weighted by atomic mass is 32.1. The van der Waals surface area contributed by atoms with E-state index in [0.29, 0.717) is 18.1 Å². The third kappa shape index (κ3) is 5.48. The molecule has 0 atom stereocenters. The molecule has 154 valence electrons. The summed E-state index contributed by atoms with van der Waals surface area (Å²) < 4.78 is 0. The van der Waals surface area contributed by atoms with Gasteiger partial charge in [-0.15, -0.1) is 11.3 Å². The van der Waals surface area contributed by atoms with Gasteiger partial charge in [-0.25, -0.2) is 19.9 Å². The molecule has 30 heavy (non-hydrogen) atoms. The number of nitrogens with zero attached hydrogens (tertiary/aromatic N) is 4. The molecule has 3 N–H and O–H groups in total.